The Hall–Kier alpha value is -2.14. The van der Waals surface area contributed by atoms with Gasteiger partial charge in [-0.05, 0) is 37.7 Å². The van der Waals surface area contributed by atoms with Crippen LogP contribution in [-0.2, 0) is 4.79 Å². The summed E-state index contributed by atoms with van der Waals surface area (Å²) >= 11 is 0. The third-order valence-electron chi connectivity index (χ3n) is 4.00. The Labute approximate surface area is 138 Å². The van der Waals surface area contributed by atoms with Crippen molar-refractivity contribution in [2.75, 3.05) is 26.2 Å². The van der Waals surface area contributed by atoms with Crippen molar-refractivity contribution < 1.29 is 4.79 Å². The van der Waals surface area contributed by atoms with Gasteiger partial charge >= 0.3 is 0 Å². The van der Waals surface area contributed by atoms with Crippen LogP contribution in [0.1, 0.15) is 31.9 Å². The van der Waals surface area contributed by atoms with Gasteiger partial charge in [0.2, 0.25) is 5.91 Å². The van der Waals surface area contributed by atoms with Crippen LogP contribution in [0.25, 0.3) is 0 Å². The van der Waals surface area contributed by atoms with Gasteiger partial charge in [-0.15, -0.1) is 0 Å². The van der Waals surface area contributed by atoms with Crippen molar-refractivity contribution >= 4 is 5.91 Å². The van der Waals surface area contributed by atoms with Crippen LogP contribution >= 0.6 is 0 Å². The highest BCUT2D eigenvalue weighted by Crippen LogP contribution is 2.17. The Balaban J connectivity index is 1.96. The second kappa shape index (κ2) is 9.10. The molecule has 1 aromatic carbocycles. The van der Waals surface area contributed by atoms with E-state index in [0.29, 0.717) is 6.54 Å². The maximum Gasteiger partial charge on any atom is 0.249 e. The van der Waals surface area contributed by atoms with E-state index in [4.69, 9.17) is 0 Å². The number of carbonyl (C=O) groups is 1. The Kier molecular flexibility index (Phi) is 6.81. The topological polar surface area (TPSA) is 50.2 Å². The summed E-state index contributed by atoms with van der Waals surface area (Å²) in [5.41, 5.74) is 0.942. The molecule has 5 heteroatoms. The van der Waals surface area contributed by atoms with Crippen LogP contribution in [0.5, 0.6) is 0 Å². The molecule has 5 nitrogen and oxygen atoms in total. The van der Waals surface area contributed by atoms with Gasteiger partial charge in [0.05, 0.1) is 0 Å². The van der Waals surface area contributed by atoms with Crippen LogP contribution in [0.2, 0.25) is 0 Å². The van der Waals surface area contributed by atoms with Gasteiger partial charge in [-0.25, -0.2) is 0 Å². The van der Waals surface area contributed by atoms with Crippen molar-refractivity contribution in [2.24, 2.45) is 0 Å². The summed E-state index contributed by atoms with van der Waals surface area (Å²) < 4.78 is 1.70. The number of aromatic nitrogens is 2. The quantitative estimate of drug-likeness (QED) is 0.723. The van der Waals surface area contributed by atoms with Crippen LogP contribution in [-0.4, -0.2) is 46.8 Å². The first-order valence-corrected chi connectivity index (χ1v) is 8.30. The van der Waals surface area contributed by atoms with Crippen molar-refractivity contribution in [2.45, 2.75) is 26.3 Å². The molecule has 23 heavy (non-hydrogen) atoms. The predicted octanol–water partition coefficient (Wildman–Crippen LogP) is 2.32. The van der Waals surface area contributed by atoms with Gasteiger partial charge in [-0.1, -0.05) is 44.2 Å². The molecule has 0 fully saturated rings. The zero-order valence-electron chi connectivity index (χ0n) is 14.0. The van der Waals surface area contributed by atoms with Crippen molar-refractivity contribution in [3.05, 3.63) is 54.4 Å². The molecular weight excluding hydrogens is 288 g/mol. The fraction of sp³-hybridized carbons (Fsp3) is 0.444. The lowest BCUT2D eigenvalue weighted by molar-refractivity contribution is -0.123. The van der Waals surface area contributed by atoms with Gasteiger partial charge in [-0.3, -0.25) is 9.48 Å². The van der Waals surface area contributed by atoms with E-state index in [1.807, 2.05) is 42.6 Å². The maximum atomic E-state index is 12.6. The SMILES string of the molecule is CCN(CC)CCCNC(=O)C(c1ccccc1)n1cccn1. The van der Waals surface area contributed by atoms with Gasteiger partial charge in [0.15, 0.2) is 6.04 Å². The minimum Gasteiger partial charge on any atom is -0.354 e. The van der Waals surface area contributed by atoms with E-state index in [9.17, 15) is 4.79 Å². The minimum atomic E-state index is -0.417. The first kappa shape index (κ1) is 17.2. The highest BCUT2D eigenvalue weighted by Gasteiger charge is 2.22. The number of hydrogen-bond donors (Lipinski definition) is 1. The minimum absolute atomic E-state index is 0.0144. The second-order valence-corrected chi connectivity index (χ2v) is 5.47. The average molecular weight is 314 g/mol. The van der Waals surface area contributed by atoms with Crippen molar-refractivity contribution in [1.82, 2.24) is 20.0 Å². The predicted molar refractivity (Wildman–Crippen MR) is 92.2 cm³/mol. The van der Waals surface area contributed by atoms with Crippen molar-refractivity contribution in [3.8, 4) is 0 Å². The molecule has 1 aromatic heterocycles. The summed E-state index contributed by atoms with van der Waals surface area (Å²) in [4.78, 5) is 15.0. The summed E-state index contributed by atoms with van der Waals surface area (Å²) in [6.45, 7) is 8.09. The number of nitrogens with one attached hydrogen (secondary N) is 1. The van der Waals surface area contributed by atoms with Gasteiger partial charge in [0, 0.05) is 18.9 Å². The van der Waals surface area contributed by atoms with E-state index in [1.54, 1.807) is 10.9 Å². The fourth-order valence-electron chi connectivity index (χ4n) is 2.64. The van der Waals surface area contributed by atoms with E-state index in [-0.39, 0.29) is 5.91 Å². The lowest BCUT2D eigenvalue weighted by atomic mass is 10.1. The fourth-order valence-corrected chi connectivity index (χ4v) is 2.64. The molecule has 1 amide bonds. The summed E-state index contributed by atoms with van der Waals surface area (Å²) in [5, 5.41) is 7.29. The monoisotopic (exact) mass is 314 g/mol. The van der Waals surface area contributed by atoms with E-state index in [2.05, 4.69) is 29.2 Å². The first-order valence-electron chi connectivity index (χ1n) is 8.30. The lowest BCUT2D eigenvalue weighted by Gasteiger charge is -2.20. The van der Waals surface area contributed by atoms with E-state index in [0.717, 1.165) is 31.6 Å². The molecule has 0 aliphatic carbocycles. The summed E-state index contributed by atoms with van der Waals surface area (Å²) in [5.74, 6) is -0.0144. The van der Waals surface area contributed by atoms with Crippen LogP contribution in [0, 0.1) is 0 Å². The highest BCUT2D eigenvalue weighted by atomic mass is 16.2. The van der Waals surface area contributed by atoms with Gasteiger partial charge < -0.3 is 10.2 Å². The Bertz CT molecular complexity index is 564. The number of carbonyl (C=O) groups excluding carboxylic acids is 1. The molecule has 0 saturated carbocycles. The lowest BCUT2D eigenvalue weighted by Crippen LogP contribution is -2.35. The smallest absolute Gasteiger partial charge is 0.249 e. The van der Waals surface area contributed by atoms with Crippen LogP contribution in [0.3, 0.4) is 0 Å². The maximum absolute atomic E-state index is 12.6. The molecule has 1 N–H and O–H groups in total. The third-order valence-corrected chi connectivity index (χ3v) is 4.00. The summed E-state index contributed by atoms with van der Waals surface area (Å²) in [7, 11) is 0. The summed E-state index contributed by atoms with van der Waals surface area (Å²) in [6, 6.07) is 11.2. The molecule has 1 heterocycles. The van der Waals surface area contributed by atoms with E-state index < -0.39 is 6.04 Å². The molecule has 1 atom stereocenters. The zero-order valence-corrected chi connectivity index (χ0v) is 14.0. The number of nitrogens with zero attached hydrogens (tertiary/aromatic N) is 3. The van der Waals surface area contributed by atoms with Gasteiger partial charge in [0.1, 0.15) is 0 Å². The van der Waals surface area contributed by atoms with Crippen molar-refractivity contribution in [3.63, 3.8) is 0 Å². The third kappa shape index (κ3) is 4.93. The van der Waals surface area contributed by atoms with Crippen LogP contribution < -0.4 is 5.32 Å². The van der Waals surface area contributed by atoms with Gasteiger partial charge in [0.25, 0.3) is 0 Å². The normalized spacial score (nSPS) is 12.3. The zero-order chi connectivity index (χ0) is 16.5. The van der Waals surface area contributed by atoms with Crippen molar-refractivity contribution in [1.29, 1.82) is 0 Å². The molecule has 2 aromatic rings. The first-order chi connectivity index (χ1) is 11.3. The molecule has 1 unspecified atom stereocenters. The summed E-state index contributed by atoms with van der Waals surface area (Å²) in [6.07, 6.45) is 4.48. The van der Waals surface area contributed by atoms with E-state index >= 15 is 0 Å². The molecule has 0 radical (unpaired) electrons. The molecule has 0 saturated heterocycles. The number of hydrogen-bond acceptors (Lipinski definition) is 3. The second-order valence-electron chi connectivity index (χ2n) is 5.47. The molecule has 0 aliphatic heterocycles. The number of rotatable bonds is 9. The molecular formula is C18H26N4O. The molecule has 2 rings (SSSR count). The van der Waals surface area contributed by atoms with Crippen LogP contribution in [0.15, 0.2) is 48.8 Å². The average Bonchev–Trinajstić information content (AvgIpc) is 3.10. The highest BCUT2D eigenvalue weighted by molar-refractivity contribution is 5.83. The number of benzene rings is 1. The van der Waals surface area contributed by atoms with Gasteiger partial charge in [-0.2, -0.15) is 5.10 Å². The Morgan fingerprint density at radius 1 is 1.22 bits per heavy atom. The molecule has 0 bridgehead atoms. The Morgan fingerprint density at radius 3 is 2.57 bits per heavy atom. The number of amides is 1. The molecule has 124 valence electrons. The Morgan fingerprint density at radius 2 is 1.96 bits per heavy atom. The largest absolute Gasteiger partial charge is 0.354 e. The molecule has 0 aliphatic rings. The van der Waals surface area contributed by atoms with Crippen LogP contribution in [0.4, 0.5) is 0 Å². The van der Waals surface area contributed by atoms with E-state index in [1.165, 1.54) is 0 Å². The standard InChI is InChI=1S/C18H26N4O/c1-3-21(4-2)14-8-12-19-18(23)17(22-15-9-13-20-22)16-10-6-5-7-11-16/h5-7,9-11,13,15,17H,3-4,8,12,14H2,1-2H3,(H,19,23). The molecule has 0 spiro atoms.